The number of pyridine rings is 1. The Morgan fingerprint density at radius 2 is 0.967 bits per heavy atom. The summed E-state index contributed by atoms with van der Waals surface area (Å²) in [6, 6.07) is 36.0. The standard InChI is InChI=1S/C8H5F3N2.C8H8N2.C7H4F2N2.C7H6N2.2C6H5N3/c9-8(10,11)7-12-5-3-1-2-4-6(5)13-7;1-6-9-7-4-2-3-5-8(7)10-6;8-4-1-6-7(2-5(4)9)11-3-10-6;1-2-4-7-6(3-1)8-5-9-7;1-2-5-6(7-3-1)9-4-8-5;1-2-4-6-5(3-1)7-9-8-6/h1-4H,(H,12,13);2-5H,1H3,(H,9,10);1-3H,(H,10,11);1-5H,(H,8,9);2*1-4H,(H,7,8,9). The summed E-state index contributed by atoms with van der Waals surface area (Å²) in [6.07, 6.45) is 2.05. The first kappa shape index (κ1) is 40.8. The number of para-hydroxylation sites is 8. The summed E-state index contributed by atoms with van der Waals surface area (Å²) in [5, 5.41) is 10.3. The van der Waals surface area contributed by atoms with Gasteiger partial charge in [-0.25, -0.2) is 38.7 Å². The molecule has 7 aromatic heterocycles. The average Bonchev–Trinajstić information content (AvgIpc) is 4.13. The summed E-state index contributed by atoms with van der Waals surface area (Å²) < 4.78 is 61.4. The summed E-state index contributed by atoms with van der Waals surface area (Å²) >= 11 is 0. The third kappa shape index (κ3) is 10.8. The van der Waals surface area contributed by atoms with Crippen LogP contribution in [0.1, 0.15) is 11.6 Å². The fraction of sp³-hybridized carbons (Fsp3) is 0.0476. The Kier molecular flexibility index (Phi) is 12.7. The van der Waals surface area contributed by atoms with Crippen LogP contribution in [0.4, 0.5) is 22.0 Å². The van der Waals surface area contributed by atoms with Crippen molar-refractivity contribution >= 4 is 66.3 Å². The van der Waals surface area contributed by atoms with Crippen molar-refractivity contribution in [3.63, 3.8) is 0 Å². The number of halogens is 5. The van der Waals surface area contributed by atoms with Crippen molar-refractivity contribution in [2.24, 2.45) is 0 Å². The topological polar surface area (TPSA) is 198 Å². The lowest BCUT2D eigenvalue weighted by Crippen LogP contribution is -2.06. The van der Waals surface area contributed by atoms with Crippen LogP contribution in [0, 0.1) is 18.6 Å². The Labute approximate surface area is 340 Å². The fourth-order valence-electron chi connectivity index (χ4n) is 5.54. The largest absolute Gasteiger partial charge is 0.449 e. The number of benzene rings is 5. The van der Waals surface area contributed by atoms with Crippen molar-refractivity contribution in [3.8, 4) is 0 Å². The number of aromatic amines is 6. The number of aryl methyl sites for hydroxylation is 1. The molecule has 0 aliphatic rings. The van der Waals surface area contributed by atoms with Crippen molar-refractivity contribution in [2.75, 3.05) is 0 Å². The first-order valence-electron chi connectivity index (χ1n) is 18.2. The molecule has 12 aromatic rings. The molecular formula is C42H33F5N14. The number of H-pyrrole nitrogens is 6. The van der Waals surface area contributed by atoms with Gasteiger partial charge in [0.05, 0.1) is 68.6 Å². The molecule has 0 amide bonds. The van der Waals surface area contributed by atoms with Gasteiger partial charge in [0.25, 0.3) is 0 Å². The Morgan fingerprint density at radius 1 is 0.459 bits per heavy atom. The Morgan fingerprint density at radius 3 is 1.59 bits per heavy atom. The monoisotopic (exact) mass is 828 g/mol. The molecule has 0 aliphatic heterocycles. The van der Waals surface area contributed by atoms with Crippen LogP contribution >= 0.6 is 0 Å². The van der Waals surface area contributed by atoms with E-state index in [1.165, 1.54) is 12.4 Å². The molecule has 19 heteroatoms. The number of hydrogen-bond acceptors (Lipinski definition) is 8. The minimum absolute atomic E-state index is 0.329. The molecule has 306 valence electrons. The minimum Gasteiger partial charge on any atom is -0.345 e. The summed E-state index contributed by atoms with van der Waals surface area (Å²) in [4.78, 5) is 37.4. The second kappa shape index (κ2) is 18.9. The van der Waals surface area contributed by atoms with E-state index in [1.807, 2.05) is 91.9 Å². The van der Waals surface area contributed by atoms with Crippen LogP contribution in [-0.4, -0.2) is 70.2 Å². The molecule has 0 radical (unpaired) electrons. The quantitative estimate of drug-likeness (QED) is 0.0812. The molecule has 0 bridgehead atoms. The first-order valence-corrected chi connectivity index (χ1v) is 18.2. The van der Waals surface area contributed by atoms with Crippen LogP contribution in [0.15, 0.2) is 147 Å². The summed E-state index contributed by atoms with van der Waals surface area (Å²) in [5.41, 5.74) is 9.53. The Balaban J connectivity index is 0.000000111. The van der Waals surface area contributed by atoms with Crippen molar-refractivity contribution in [2.45, 2.75) is 13.1 Å². The van der Waals surface area contributed by atoms with Gasteiger partial charge in [-0.3, -0.25) is 0 Å². The summed E-state index contributed by atoms with van der Waals surface area (Å²) in [5.74, 6) is -1.71. The number of nitrogens with one attached hydrogen (secondary N) is 6. The number of hydrogen-bond donors (Lipinski definition) is 6. The molecule has 0 atom stereocenters. The van der Waals surface area contributed by atoms with Crippen LogP contribution in [0.5, 0.6) is 0 Å². The maximum atomic E-state index is 12.5. The first-order chi connectivity index (χ1) is 29.6. The molecule has 61 heavy (non-hydrogen) atoms. The Bertz CT molecular complexity index is 2880. The predicted molar refractivity (Wildman–Crippen MR) is 222 cm³/mol. The zero-order valence-corrected chi connectivity index (χ0v) is 31.8. The second-order valence-electron chi connectivity index (χ2n) is 12.6. The third-order valence-corrected chi connectivity index (χ3v) is 8.37. The van der Waals surface area contributed by atoms with Crippen LogP contribution in [0.25, 0.3) is 66.3 Å². The number of fused-ring (bicyclic) bond motifs is 6. The van der Waals surface area contributed by atoms with Crippen molar-refractivity contribution in [1.82, 2.24) is 70.2 Å². The van der Waals surface area contributed by atoms with E-state index >= 15 is 0 Å². The van der Waals surface area contributed by atoms with E-state index < -0.39 is 23.6 Å². The highest BCUT2D eigenvalue weighted by molar-refractivity contribution is 5.76. The number of aromatic nitrogens is 14. The fourth-order valence-corrected chi connectivity index (χ4v) is 5.54. The molecule has 0 unspecified atom stereocenters. The van der Waals surface area contributed by atoms with E-state index in [2.05, 4.69) is 70.2 Å². The summed E-state index contributed by atoms with van der Waals surface area (Å²) in [6.45, 7) is 1.96. The maximum Gasteiger partial charge on any atom is 0.449 e. The lowest BCUT2D eigenvalue weighted by atomic mass is 10.3. The third-order valence-electron chi connectivity index (χ3n) is 8.37. The van der Waals surface area contributed by atoms with Gasteiger partial charge < -0.3 is 24.9 Å². The zero-order valence-electron chi connectivity index (χ0n) is 31.8. The molecular weight excluding hydrogens is 796 g/mol. The second-order valence-corrected chi connectivity index (χ2v) is 12.6. The van der Waals surface area contributed by atoms with E-state index in [0.29, 0.717) is 22.1 Å². The van der Waals surface area contributed by atoms with E-state index in [1.54, 1.807) is 37.1 Å². The van der Waals surface area contributed by atoms with Gasteiger partial charge in [0, 0.05) is 18.3 Å². The molecule has 14 nitrogen and oxygen atoms in total. The van der Waals surface area contributed by atoms with E-state index in [-0.39, 0.29) is 0 Å². The van der Waals surface area contributed by atoms with Gasteiger partial charge in [-0.2, -0.15) is 28.6 Å². The smallest absolute Gasteiger partial charge is 0.345 e. The molecule has 0 aliphatic carbocycles. The maximum absolute atomic E-state index is 12.5. The molecule has 0 fully saturated rings. The molecule has 6 N–H and O–H groups in total. The average molecular weight is 829 g/mol. The van der Waals surface area contributed by atoms with Crippen molar-refractivity contribution in [3.05, 3.63) is 170 Å². The molecule has 0 saturated carbocycles. The van der Waals surface area contributed by atoms with Crippen molar-refractivity contribution in [1.29, 1.82) is 0 Å². The molecule has 5 aromatic carbocycles. The van der Waals surface area contributed by atoms with E-state index in [9.17, 15) is 22.0 Å². The highest BCUT2D eigenvalue weighted by Gasteiger charge is 2.34. The van der Waals surface area contributed by atoms with Crippen LogP contribution in [0.3, 0.4) is 0 Å². The summed E-state index contributed by atoms with van der Waals surface area (Å²) in [7, 11) is 0. The lowest BCUT2D eigenvalue weighted by Gasteiger charge is -1.98. The van der Waals surface area contributed by atoms with Gasteiger partial charge >= 0.3 is 6.18 Å². The van der Waals surface area contributed by atoms with Crippen LogP contribution in [-0.2, 0) is 6.18 Å². The number of rotatable bonds is 0. The van der Waals surface area contributed by atoms with Gasteiger partial charge in [0.15, 0.2) is 17.3 Å². The van der Waals surface area contributed by atoms with Gasteiger partial charge in [-0.1, -0.05) is 48.5 Å². The lowest BCUT2D eigenvalue weighted by molar-refractivity contribution is -0.144. The molecule has 0 saturated heterocycles. The van der Waals surface area contributed by atoms with Gasteiger partial charge in [0.1, 0.15) is 16.9 Å². The molecule has 12 rings (SSSR count). The highest BCUT2D eigenvalue weighted by Crippen LogP contribution is 2.28. The number of imidazole rings is 5. The minimum atomic E-state index is -4.40. The van der Waals surface area contributed by atoms with Crippen LogP contribution < -0.4 is 0 Å². The van der Waals surface area contributed by atoms with Gasteiger partial charge in [0.2, 0.25) is 5.82 Å². The number of nitrogens with zero attached hydrogens (tertiary/aromatic N) is 8. The van der Waals surface area contributed by atoms with Gasteiger partial charge in [-0.15, -0.1) is 0 Å². The molecule has 0 spiro atoms. The normalized spacial score (nSPS) is 10.8. The van der Waals surface area contributed by atoms with E-state index in [0.717, 1.165) is 62.2 Å². The molecule has 7 heterocycles. The number of alkyl halides is 3. The van der Waals surface area contributed by atoms with Crippen molar-refractivity contribution < 1.29 is 22.0 Å². The predicted octanol–water partition coefficient (Wildman–Crippen LogP) is 9.77. The Hall–Kier alpha value is -8.35. The zero-order chi connectivity index (χ0) is 42.6. The van der Waals surface area contributed by atoms with Gasteiger partial charge in [-0.05, 0) is 67.6 Å². The van der Waals surface area contributed by atoms with E-state index in [4.69, 9.17) is 0 Å². The highest BCUT2D eigenvalue weighted by atomic mass is 19.4. The SMILES string of the molecule is Cc1nc2ccccc2[nH]1.FC(F)(F)c1nc2ccccc2[nH]1.Fc1cc2nc[nH]c2cc1F.c1ccc2[nH]cnc2c1.c1ccc2n[nH]nc2c1.c1cnc2nc[nH]c2c1. The van der Waals surface area contributed by atoms with Crippen LogP contribution in [0.2, 0.25) is 0 Å².